The van der Waals surface area contributed by atoms with Crippen molar-refractivity contribution >= 4 is 11.7 Å². The molecule has 2 N–H and O–H groups in total. The van der Waals surface area contributed by atoms with E-state index in [1.54, 1.807) is 12.1 Å². The molecule has 1 aromatic rings. The second-order valence-electron chi connectivity index (χ2n) is 2.97. The molecule has 0 aliphatic rings. The van der Waals surface area contributed by atoms with E-state index >= 15 is 0 Å². The third kappa shape index (κ3) is 3.05. The molecular weight excluding hydrogens is 180 g/mol. The van der Waals surface area contributed by atoms with Crippen LogP contribution in [0.1, 0.15) is 30.3 Å². The predicted octanol–water partition coefficient (Wildman–Crippen LogP) is 1.62. The minimum atomic E-state index is -0.390. The van der Waals surface area contributed by atoms with Gasteiger partial charge in [-0.05, 0) is 18.6 Å². The highest BCUT2D eigenvalue weighted by Gasteiger charge is 2.07. The first-order valence-corrected chi connectivity index (χ1v) is 4.62. The van der Waals surface area contributed by atoms with Gasteiger partial charge in [0.05, 0.1) is 18.5 Å². The highest BCUT2D eigenvalue weighted by atomic mass is 16.5. The van der Waals surface area contributed by atoms with Gasteiger partial charge in [-0.2, -0.15) is 0 Å². The minimum Gasteiger partial charge on any atom is -0.461 e. The maximum absolute atomic E-state index is 11.3. The molecule has 0 radical (unpaired) electrons. The van der Waals surface area contributed by atoms with Crippen LogP contribution in [-0.2, 0) is 4.74 Å². The van der Waals surface area contributed by atoms with Gasteiger partial charge < -0.3 is 10.5 Å². The smallest absolute Gasteiger partial charge is 0.356 e. The van der Waals surface area contributed by atoms with E-state index in [1.807, 2.05) is 6.92 Å². The number of carbonyl (C=O) groups is 1. The summed E-state index contributed by atoms with van der Waals surface area (Å²) in [6, 6.07) is 3.19. The van der Waals surface area contributed by atoms with Gasteiger partial charge in [0, 0.05) is 0 Å². The van der Waals surface area contributed by atoms with E-state index in [9.17, 15) is 4.79 Å². The second-order valence-corrected chi connectivity index (χ2v) is 2.97. The molecule has 1 aromatic heterocycles. The molecule has 76 valence electrons. The molecule has 4 nitrogen and oxygen atoms in total. The monoisotopic (exact) mass is 194 g/mol. The standard InChI is InChI=1S/C10H14N2O2/c1-2-3-6-14-10(13)9-5-4-8(11)7-12-9/h4-5,7H,2-3,6,11H2,1H3. The van der Waals surface area contributed by atoms with Crippen molar-refractivity contribution in [2.75, 3.05) is 12.3 Å². The van der Waals surface area contributed by atoms with Crippen molar-refractivity contribution in [2.45, 2.75) is 19.8 Å². The number of hydrogen-bond donors (Lipinski definition) is 1. The number of pyridine rings is 1. The van der Waals surface area contributed by atoms with E-state index in [-0.39, 0.29) is 0 Å². The lowest BCUT2D eigenvalue weighted by Crippen LogP contribution is -2.08. The SMILES string of the molecule is CCCCOC(=O)c1ccc(N)cn1. The Balaban J connectivity index is 2.48. The third-order valence-electron chi connectivity index (χ3n) is 1.73. The van der Waals surface area contributed by atoms with Gasteiger partial charge in [0.1, 0.15) is 5.69 Å². The topological polar surface area (TPSA) is 65.2 Å². The first-order chi connectivity index (χ1) is 6.74. The molecule has 0 fully saturated rings. The maximum Gasteiger partial charge on any atom is 0.356 e. The molecule has 0 amide bonds. The van der Waals surface area contributed by atoms with Crippen LogP contribution in [-0.4, -0.2) is 17.6 Å². The summed E-state index contributed by atoms with van der Waals surface area (Å²) in [5.41, 5.74) is 6.27. The molecule has 1 heterocycles. The highest BCUT2D eigenvalue weighted by Crippen LogP contribution is 2.03. The number of anilines is 1. The summed E-state index contributed by atoms with van der Waals surface area (Å²) in [7, 11) is 0. The number of nitrogen functional groups attached to an aromatic ring is 1. The Hall–Kier alpha value is -1.58. The van der Waals surface area contributed by atoms with Crippen LogP contribution in [0.5, 0.6) is 0 Å². The highest BCUT2D eigenvalue weighted by molar-refractivity contribution is 5.87. The van der Waals surface area contributed by atoms with Crippen LogP contribution in [0.2, 0.25) is 0 Å². The van der Waals surface area contributed by atoms with E-state index in [4.69, 9.17) is 10.5 Å². The number of esters is 1. The lowest BCUT2D eigenvalue weighted by Gasteiger charge is -2.02. The zero-order chi connectivity index (χ0) is 10.4. The van der Waals surface area contributed by atoms with E-state index in [0.29, 0.717) is 18.0 Å². The van der Waals surface area contributed by atoms with Gasteiger partial charge in [-0.3, -0.25) is 0 Å². The third-order valence-corrected chi connectivity index (χ3v) is 1.73. The van der Waals surface area contributed by atoms with Crippen LogP contribution >= 0.6 is 0 Å². The van der Waals surface area contributed by atoms with Crippen molar-refractivity contribution in [3.05, 3.63) is 24.0 Å². The van der Waals surface area contributed by atoms with E-state index in [0.717, 1.165) is 12.8 Å². The quantitative estimate of drug-likeness (QED) is 0.584. The molecule has 14 heavy (non-hydrogen) atoms. The van der Waals surface area contributed by atoms with E-state index < -0.39 is 5.97 Å². The number of nitrogens with two attached hydrogens (primary N) is 1. The van der Waals surface area contributed by atoms with Crippen molar-refractivity contribution in [3.63, 3.8) is 0 Å². The Morgan fingerprint density at radius 2 is 2.36 bits per heavy atom. The van der Waals surface area contributed by atoms with Gasteiger partial charge in [0.25, 0.3) is 0 Å². The molecule has 0 aliphatic carbocycles. The largest absolute Gasteiger partial charge is 0.461 e. The van der Waals surface area contributed by atoms with Crippen molar-refractivity contribution in [1.82, 2.24) is 4.98 Å². The number of hydrogen-bond acceptors (Lipinski definition) is 4. The molecule has 0 spiro atoms. The number of ether oxygens (including phenoxy) is 1. The Morgan fingerprint density at radius 1 is 1.57 bits per heavy atom. The van der Waals surface area contributed by atoms with Gasteiger partial charge in [0.2, 0.25) is 0 Å². The zero-order valence-corrected chi connectivity index (χ0v) is 8.19. The Morgan fingerprint density at radius 3 is 2.93 bits per heavy atom. The van der Waals surface area contributed by atoms with Gasteiger partial charge in [-0.1, -0.05) is 13.3 Å². The summed E-state index contributed by atoms with van der Waals surface area (Å²) in [5, 5.41) is 0. The summed E-state index contributed by atoms with van der Waals surface area (Å²) in [5.74, 6) is -0.390. The molecule has 0 aliphatic heterocycles. The van der Waals surface area contributed by atoms with Crippen LogP contribution in [0.4, 0.5) is 5.69 Å². The average Bonchev–Trinajstić information content (AvgIpc) is 2.19. The van der Waals surface area contributed by atoms with Crippen molar-refractivity contribution in [2.24, 2.45) is 0 Å². The average molecular weight is 194 g/mol. The second kappa shape index (κ2) is 5.21. The zero-order valence-electron chi connectivity index (χ0n) is 8.19. The van der Waals surface area contributed by atoms with Gasteiger partial charge in [0.15, 0.2) is 0 Å². The Labute approximate surface area is 83.1 Å². The van der Waals surface area contributed by atoms with Crippen molar-refractivity contribution in [3.8, 4) is 0 Å². The van der Waals surface area contributed by atoms with E-state index in [1.165, 1.54) is 6.20 Å². The lowest BCUT2D eigenvalue weighted by atomic mass is 10.3. The molecule has 0 atom stereocenters. The Kier molecular flexibility index (Phi) is 3.91. The van der Waals surface area contributed by atoms with Crippen molar-refractivity contribution in [1.29, 1.82) is 0 Å². The fourth-order valence-electron chi connectivity index (χ4n) is 0.909. The van der Waals surface area contributed by atoms with Crippen LogP contribution in [0.15, 0.2) is 18.3 Å². The molecule has 0 bridgehead atoms. The molecule has 1 rings (SSSR count). The Bertz CT molecular complexity index is 295. The normalized spacial score (nSPS) is 9.79. The molecule has 0 aromatic carbocycles. The minimum absolute atomic E-state index is 0.301. The van der Waals surface area contributed by atoms with Crippen LogP contribution in [0, 0.1) is 0 Å². The van der Waals surface area contributed by atoms with Crippen molar-refractivity contribution < 1.29 is 9.53 Å². The molecule has 0 unspecified atom stereocenters. The van der Waals surface area contributed by atoms with Gasteiger partial charge >= 0.3 is 5.97 Å². The van der Waals surface area contributed by atoms with Crippen LogP contribution in [0.3, 0.4) is 0 Å². The molecule has 0 saturated heterocycles. The van der Waals surface area contributed by atoms with Crippen LogP contribution < -0.4 is 5.73 Å². The molecule has 4 heteroatoms. The summed E-state index contributed by atoms with van der Waals surface area (Å²) >= 11 is 0. The predicted molar refractivity (Wildman–Crippen MR) is 53.8 cm³/mol. The van der Waals surface area contributed by atoms with Gasteiger partial charge in [-0.15, -0.1) is 0 Å². The first kappa shape index (κ1) is 10.5. The first-order valence-electron chi connectivity index (χ1n) is 4.62. The maximum atomic E-state index is 11.3. The number of unbranched alkanes of at least 4 members (excludes halogenated alkanes) is 1. The molecule has 0 saturated carbocycles. The summed E-state index contributed by atoms with van der Waals surface area (Å²) in [6.07, 6.45) is 3.32. The summed E-state index contributed by atoms with van der Waals surface area (Å²) in [4.78, 5) is 15.2. The van der Waals surface area contributed by atoms with Gasteiger partial charge in [-0.25, -0.2) is 9.78 Å². The number of rotatable bonds is 4. The summed E-state index contributed by atoms with van der Waals surface area (Å²) < 4.78 is 4.97. The molecular formula is C10H14N2O2. The lowest BCUT2D eigenvalue weighted by molar-refractivity contribution is 0.0493. The van der Waals surface area contributed by atoms with E-state index in [2.05, 4.69) is 4.98 Å². The fraction of sp³-hybridized carbons (Fsp3) is 0.400. The number of aromatic nitrogens is 1. The number of nitrogens with zero attached hydrogens (tertiary/aromatic N) is 1. The summed E-state index contributed by atoms with van der Waals surface area (Å²) in [6.45, 7) is 2.48. The van der Waals surface area contributed by atoms with Crippen LogP contribution in [0.25, 0.3) is 0 Å². The number of carbonyl (C=O) groups excluding carboxylic acids is 1. The fourth-order valence-corrected chi connectivity index (χ4v) is 0.909.